The summed E-state index contributed by atoms with van der Waals surface area (Å²) in [4.78, 5) is 11.9. The zero-order chi connectivity index (χ0) is 16.9. The van der Waals surface area contributed by atoms with Gasteiger partial charge in [-0.3, -0.25) is 9.20 Å². The van der Waals surface area contributed by atoms with E-state index in [1.165, 1.54) is 5.56 Å². The van der Waals surface area contributed by atoms with Crippen LogP contribution in [0.25, 0.3) is 5.65 Å². The van der Waals surface area contributed by atoms with Gasteiger partial charge in [-0.2, -0.15) is 0 Å². The highest BCUT2D eigenvalue weighted by atomic mass is 16.5. The Labute approximate surface area is 140 Å². The number of amides is 1. The molecule has 6 heteroatoms. The molecule has 0 fully saturated rings. The van der Waals surface area contributed by atoms with E-state index in [4.69, 9.17) is 4.74 Å². The first-order valence-corrected chi connectivity index (χ1v) is 7.89. The quantitative estimate of drug-likeness (QED) is 0.754. The van der Waals surface area contributed by atoms with E-state index in [1.54, 1.807) is 0 Å². The van der Waals surface area contributed by atoms with E-state index in [9.17, 15) is 4.79 Å². The molecule has 0 radical (unpaired) electrons. The van der Waals surface area contributed by atoms with Crippen molar-refractivity contribution < 1.29 is 9.53 Å². The minimum atomic E-state index is -0.149. The lowest BCUT2D eigenvalue weighted by molar-refractivity contribution is -0.123. The summed E-state index contributed by atoms with van der Waals surface area (Å²) in [5.41, 5.74) is 3.00. The second-order valence-corrected chi connectivity index (χ2v) is 5.70. The number of ether oxygens (including phenoxy) is 1. The van der Waals surface area contributed by atoms with Crippen molar-refractivity contribution in [1.29, 1.82) is 0 Å². The van der Waals surface area contributed by atoms with Crippen LogP contribution in [0, 0.1) is 13.8 Å². The van der Waals surface area contributed by atoms with Crippen LogP contribution in [0.3, 0.4) is 0 Å². The number of nitrogens with one attached hydrogen (secondary N) is 1. The molecule has 3 rings (SSSR count). The van der Waals surface area contributed by atoms with Crippen molar-refractivity contribution in [2.75, 3.05) is 13.2 Å². The van der Waals surface area contributed by atoms with Crippen LogP contribution in [-0.4, -0.2) is 33.7 Å². The number of aryl methyl sites for hydroxylation is 2. The lowest BCUT2D eigenvalue weighted by atomic mass is 10.1. The standard InChI is InChI=1S/C18H20N4O2/c1-13-6-7-15(14(2)11-13)24-12-18(23)19-9-8-17-21-20-16-5-3-4-10-22(16)17/h3-7,10-11H,8-9,12H2,1-2H3,(H,19,23). The van der Waals surface area contributed by atoms with Crippen molar-refractivity contribution in [1.82, 2.24) is 19.9 Å². The highest BCUT2D eigenvalue weighted by Crippen LogP contribution is 2.18. The number of hydrogen-bond acceptors (Lipinski definition) is 4. The molecule has 2 aromatic heterocycles. The summed E-state index contributed by atoms with van der Waals surface area (Å²) in [6.07, 6.45) is 2.52. The van der Waals surface area contributed by atoms with Gasteiger partial charge in [0.2, 0.25) is 0 Å². The minimum Gasteiger partial charge on any atom is -0.484 e. The topological polar surface area (TPSA) is 68.5 Å². The Kier molecular flexibility index (Phi) is 4.74. The van der Waals surface area contributed by atoms with Gasteiger partial charge in [0.25, 0.3) is 5.91 Å². The van der Waals surface area contributed by atoms with Crippen LogP contribution in [0.4, 0.5) is 0 Å². The normalized spacial score (nSPS) is 10.8. The molecule has 1 amide bonds. The Bertz CT molecular complexity index is 857. The molecule has 0 unspecified atom stereocenters. The van der Waals surface area contributed by atoms with Crippen LogP contribution in [0.15, 0.2) is 42.6 Å². The Hall–Kier alpha value is -2.89. The van der Waals surface area contributed by atoms with Gasteiger partial charge in [0.1, 0.15) is 11.6 Å². The van der Waals surface area contributed by atoms with Gasteiger partial charge in [0.15, 0.2) is 12.3 Å². The monoisotopic (exact) mass is 324 g/mol. The molecule has 6 nitrogen and oxygen atoms in total. The molecule has 0 atom stereocenters. The SMILES string of the molecule is Cc1ccc(OCC(=O)NCCc2nnc3ccccn23)c(C)c1. The summed E-state index contributed by atoms with van der Waals surface area (Å²) >= 11 is 0. The summed E-state index contributed by atoms with van der Waals surface area (Å²) < 4.78 is 7.48. The van der Waals surface area contributed by atoms with E-state index in [-0.39, 0.29) is 12.5 Å². The molecule has 0 aliphatic heterocycles. The predicted octanol–water partition coefficient (Wildman–Crippen LogP) is 2.08. The van der Waals surface area contributed by atoms with Gasteiger partial charge in [-0.15, -0.1) is 10.2 Å². The van der Waals surface area contributed by atoms with Crippen molar-refractivity contribution in [2.24, 2.45) is 0 Å². The number of fused-ring (bicyclic) bond motifs is 1. The van der Waals surface area contributed by atoms with Crippen molar-refractivity contribution in [2.45, 2.75) is 20.3 Å². The van der Waals surface area contributed by atoms with Crippen LogP contribution in [0.1, 0.15) is 17.0 Å². The molecule has 2 heterocycles. The summed E-state index contributed by atoms with van der Waals surface area (Å²) in [7, 11) is 0. The number of rotatable bonds is 6. The summed E-state index contributed by atoms with van der Waals surface area (Å²) in [6, 6.07) is 11.6. The zero-order valence-corrected chi connectivity index (χ0v) is 13.8. The van der Waals surface area contributed by atoms with Crippen LogP contribution < -0.4 is 10.1 Å². The third-order valence-corrected chi connectivity index (χ3v) is 3.74. The molecule has 24 heavy (non-hydrogen) atoms. The zero-order valence-electron chi connectivity index (χ0n) is 13.8. The molecule has 0 aliphatic carbocycles. The third kappa shape index (κ3) is 3.71. The van der Waals surface area contributed by atoms with Gasteiger partial charge in [0.05, 0.1) is 0 Å². The van der Waals surface area contributed by atoms with Crippen LogP contribution >= 0.6 is 0 Å². The Morgan fingerprint density at radius 2 is 2.08 bits per heavy atom. The number of carbonyl (C=O) groups is 1. The number of aromatic nitrogens is 3. The van der Waals surface area contributed by atoms with E-state index in [0.717, 1.165) is 22.8 Å². The Balaban J connectivity index is 1.47. The number of carbonyl (C=O) groups excluding carboxylic acids is 1. The van der Waals surface area contributed by atoms with E-state index in [2.05, 4.69) is 15.5 Å². The highest BCUT2D eigenvalue weighted by molar-refractivity contribution is 5.77. The van der Waals surface area contributed by atoms with Crippen molar-refractivity contribution in [3.8, 4) is 5.75 Å². The smallest absolute Gasteiger partial charge is 0.257 e. The molecule has 1 aromatic carbocycles. The van der Waals surface area contributed by atoms with Crippen LogP contribution in [0.2, 0.25) is 0 Å². The second-order valence-electron chi connectivity index (χ2n) is 5.70. The van der Waals surface area contributed by atoms with Gasteiger partial charge < -0.3 is 10.1 Å². The summed E-state index contributed by atoms with van der Waals surface area (Å²) in [5.74, 6) is 1.41. The lowest BCUT2D eigenvalue weighted by Crippen LogP contribution is -2.31. The van der Waals surface area contributed by atoms with Crippen LogP contribution in [0.5, 0.6) is 5.75 Å². The molecule has 124 valence electrons. The Morgan fingerprint density at radius 3 is 2.92 bits per heavy atom. The average molecular weight is 324 g/mol. The molecular weight excluding hydrogens is 304 g/mol. The maximum atomic E-state index is 11.9. The fourth-order valence-corrected chi connectivity index (χ4v) is 2.53. The number of benzene rings is 1. The summed E-state index contributed by atoms with van der Waals surface area (Å²) in [6.45, 7) is 4.49. The first kappa shape index (κ1) is 16.0. The second kappa shape index (κ2) is 7.12. The first-order valence-electron chi connectivity index (χ1n) is 7.89. The molecule has 0 saturated heterocycles. The van der Waals surface area contributed by atoms with Crippen LogP contribution in [-0.2, 0) is 11.2 Å². The van der Waals surface area contributed by atoms with Gasteiger partial charge in [-0.25, -0.2) is 0 Å². The maximum Gasteiger partial charge on any atom is 0.257 e. The van der Waals surface area contributed by atoms with E-state index in [0.29, 0.717) is 13.0 Å². The fraction of sp³-hybridized carbons (Fsp3) is 0.278. The molecule has 1 N–H and O–H groups in total. The average Bonchev–Trinajstić information content (AvgIpc) is 2.97. The van der Waals surface area contributed by atoms with Crippen molar-refractivity contribution in [3.63, 3.8) is 0 Å². The largest absolute Gasteiger partial charge is 0.484 e. The lowest BCUT2D eigenvalue weighted by Gasteiger charge is -2.10. The number of nitrogens with zero attached hydrogens (tertiary/aromatic N) is 3. The van der Waals surface area contributed by atoms with E-state index >= 15 is 0 Å². The molecule has 0 saturated carbocycles. The molecule has 0 aliphatic rings. The van der Waals surface area contributed by atoms with Gasteiger partial charge in [0, 0.05) is 19.2 Å². The molecule has 3 aromatic rings. The first-order chi connectivity index (χ1) is 11.6. The van der Waals surface area contributed by atoms with Crippen molar-refractivity contribution >= 4 is 11.6 Å². The van der Waals surface area contributed by atoms with Gasteiger partial charge in [-0.05, 0) is 37.6 Å². The number of hydrogen-bond donors (Lipinski definition) is 1. The van der Waals surface area contributed by atoms with Gasteiger partial charge in [-0.1, -0.05) is 23.8 Å². The molecule has 0 spiro atoms. The minimum absolute atomic E-state index is 0.00445. The summed E-state index contributed by atoms with van der Waals surface area (Å²) in [5, 5.41) is 11.1. The third-order valence-electron chi connectivity index (χ3n) is 3.74. The van der Waals surface area contributed by atoms with E-state index < -0.39 is 0 Å². The predicted molar refractivity (Wildman–Crippen MR) is 91.1 cm³/mol. The number of pyridine rings is 1. The highest BCUT2D eigenvalue weighted by Gasteiger charge is 2.07. The van der Waals surface area contributed by atoms with Crippen molar-refractivity contribution in [3.05, 3.63) is 59.5 Å². The molecular formula is C18H20N4O2. The van der Waals surface area contributed by atoms with E-state index in [1.807, 2.05) is 60.8 Å². The molecule has 0 bridgehead atoms. The van der Waals surface area contributed by atoms with Gasteiger partial charge >= 0.3 is 0 Å². The fourth-order valence-electron chi connectivity index (χ4n) is 2.53. The Morgan fingerprint density at radius 1 is 1.21 bits per heavy atom. The maximum absolute atomic E-state index is 11.9.